The smallest absolute Gasteiger partial charge is 0.164 e. The topological polar surface area (TPSA) is 43.6 Å². The van der Waals surface area contributed by atoms with Gasteiger partial charge in [0.25, 0.3) is 0 Å². The Morgan fingerprint density at radius 2 is 0.960 bits per heavy atom. The summed E-state index contributed by atoms with van der Waals surface area (Å²) < 4.78 is 4.91. The number of hydrogen-bond acceptors (Lipinski definition) is 4. The third kappa shape index (κ3) is 4.71. The van der Waals surface area contributed by atoms with Crippen LogP contribution in [0.15, 0.2) is 170 Å². The highest BCUT2D eigenvalue weighted by Crippen LogP contribution is 2.41. The van der Waals surface area contributed by atoms with Crippen molar-refractivity contribution in [3.05, 3.63) is 170 Å². The van der Waals surface area contributed by atoms with Crippen LogP contribution >= 0.6 is 11.3 Å². The van der Waals surface area contributed by atoms with E-state index in [1.165, 1.54) is 31.1 Å². The summed E-state index contributed by atoms with van der Waals surface area (Å²) in [5.74, 6) is 1.93. The normalized spacial score (nSPS) is 11.6. The van der Waals surface area contributed by atoms with Crippen molar-refractivity contribution in [3.8, 4) is 51.0 Å². The maximum atomic E-state index is 5.16. The summed E-state index contributed by atoms with van der Waals surface area (Å²) in [5.41, 5.74) is 8.63. The second-order valence-corrected chi connectivity index (χ2v) is 13.5. The van der Waals surface area contributed by atoms with Crippen LogP contribution in [-0.4, -0.2) is 19.5 Å². The van der Waals surface area contributed by atoms with Crippen molar-refractivity contribution in [1.82, 2.24) is 19.5 Å². The number of thiophene rings is 1. The Hall–Kier alpha value is -6.43. The predicted molar refractivity (Wildman–Crippen MR) is 209 cm³/mol. The molecule has 0 aliphatic rings. The lowest BCUT2D eigenvalue weighted by Gasteiger charge is -2.11. The number of benzene rings is 7. The van der Waals surface area contributed by atoms with Crippen LogP contribution < -0.4 is 0 Å². The van der Waals surface area contributed by atoms with E-state index < -0.39 is 0 Å². The fourth-order valence-corrected chi connectivity index (χ4v) is 8.36. The van der Waals surface area contributed by atoms with Crippen molar-refractivity contribution in [3.63, 3.8) is 0 Å². The Labute approximate surface area is 292 Å². The molecule has 3 heterocycles. The molecule has 0 bridgehead atoms. The Kier molecular flexibility index (Phi) is 6.64. The lowest BCUT2D eigenvalue weighted by Crippen LogP contribution is -2.00. The van der Waals surface area contributed by atoms with Crippen molar-refractivity contribution < 1.29 is 0 Å². The molecule has 0 fully saturated rings. The van der Waals surface area contributed by atoms with Crippen LogP contribution in [-0.2, 0) is 0 Å². The molecule has 0 radical (unpaired) electrons. The molecule has 3 aromatic heterocycles. The molecule has 0 amide bonds. The first kappa shape index (κ1) is 28.6. The van der Waals surface area contributed by atoms with Crippen molar-refractivity contribution in [2.75, 3.05) is 0 Å². The van der Waals surface area contributed by atoms with E-state index in [0.717, 1.165) is 44.4 Å². The molecule has 10 aromatic rings. The van der Waals surface area contributed by atoms with E-state index in [-0.39, 0.29) is 0 Å². The van der Waals surface area contributed by atoms with Crippen LogP contribution in [0.25, 0.3) is 93.0 Å². The molecule has 0 N–H and O–H groups in total. The summed E-state index contributed by atoms with van der Waals surface area (Å²) in [6.07, 6.45) is 0. The lowest BCUT2D eigenvalue weighted by molar-refractivity contribution is 1.07. The summed E-state index contributed by atoms with van der Waals surface area (Å²) in [7, 11) is 0. The van der Waals surface area contributed by atoms with Crippen LogP contribution in [0.2, 0.25) is 0 Å². The molecule has 0 aliphatic carbocycles. The molecule has 7 aromatic carbocycles. The Balaban J connectivity index is 1.15. The van der Waals surface area contributed by atoms with Gasteiger partial charge < -0.3 is 4.57 Å². The van der Waals surface area contributed by atoms with Crippen LogP contribution in [0.5, 0.6) is 0 Å². The van der Waals surface area contributed by atoms with Gasteiger partial charge in [-0.05, 0) is 59.7 Å². The van der Waals surface area contributed by atoms with E-state index in [0.29, 0.717) is 17.5 Å². The van der Waals surface area contributed by atoms with Gasteiger partial charge in [0.15, 0.2) is 17.5 Å². The molecule has 50 heavy (non-hydrogen) atoms. The molecule has 0 spiro atoms. The van der Waals surface area contributed by atoms with Crippen molar-refractivity contribution in [2.45, 2.75) is 0 Å². The van der Waals surface area contributed by atoms with Crippen molar-refractivity contribution in [2.24, 2.45) is 0 Å². The van der Waals surface area contributed by atoms with Crippen LogP contribution in [0.1, 0.15) is 0 Å². The maximum Gasteiger partial charge on any atom is 0.164 e. The average molecular weight is 657 g/mol. The van der Waals surface area contributed by atoms with Gasteiger partial charge in [-0.3, -0.25) is 0 Å². The second-order valence-electron chi connectivity index (χ2n) is 12.5. The van der Waals surface area contributed by atoms with Gasteiger partial charge in [-0.2, -0.15) is 0 Å². The number of fused-ring (bicyclic) bond motifs is 6. The molecular weight excluding hydrogens is 629 g/mol. The van der Waals surface area contributed by atoms with Gasteiger partial charge in [-0.1, -0.05) is 121 Å². The minimum atomic E-state index is 0.643. The molecule has 10 rings (SSSR count). The molecule has 0 saturated heterocycles. The molecule has 0 unspecified atom stereocenters. The van der Waals surface area contributed by atoms with E-state index in [9.17, 15) is 0 Å². The van der Waals surface area contributed by atoms with E-state index >= 15 is 0 Å². The zero-order valence-corrected chi connectivity index (χ0v) is 27.7. The van der Waals surface area contributed by atoms with Gasteiger partial charge in [-0.15, -0.1) is 11.3 Å². The zero-order chi connectivity index (χ0) is 33.0. The molecule has 5 heteroatoms. The molecule has 0 aliphatic heterocycles. The highest BCUT2D eigenvalue weighted by atomic mass is 32.1. The van der Waals surface area contributed by atoms with Gasteiger partial charge in [0.05, 0.1) is 11.0 Å². The third-order valence-electron chi connectivity index (χ3n) is 9.45. The van der Waals surface area contributed by atoms with Gasteiger partial charge in [0.2, 0.25) is 0 Å². The minimum absolute atomic E-state index is 0.643. The predicted octanol–water partition coefficient (Wildman–Crippen LogP) is 12.0. The highest BCUT2D eigenvalue weighted by Gasteiger charge is 2.17. The second kappa shape index (κ2) is 11.6. The Morgan fingerprint density at radius 1 is 0.380 bits per heavy atom. The van der Waals surface area contributed by atoms with Crippen molar-refractivity contribution in [1.29, 1.82) is 0 Å². The van der Waals surface area contributed by atoms with E-state index in [1.807, 2.05) is 29.5 Å². The summed E-state index contributed by atoms with van der Waals surface area (Å²) in [6, 6.07) is 59.6. The zero-order valence-electron chi connectivity index (χ0n) is 26.9. The van der Waals surface area contributed by atoms with E-state index in [4.69, 9.17) is 15.0 Å². The molecule has 4 nitrogen and oxygen atoms in total. The molecular formula is C45H28N4S. The fourth-order valence-electron chi connectivity index (χ4n) is 7.12. The summed E-state index contributed by atoms with van der Waals surface area (Å²) in [6.45, 7) is 0. The third-order valence-corrected chi connectivity index (χ3v) is 10.7. The first-order chi connectivity index (χ1) is 24.8. The number of aromatic nitrogens is 4. The maximum absolute atomic E-state index is 5.16. The summed E-state index contributed by atoms with van der Waals surface area (Å²) >= 11 is 1.84. The van der Waals surface area contributed by atoms with Gasteiger partial charge in [-0.25, -0.2) is 15.0 Å². The largest absolute Gasteiger partial charge is 0.309 e. The van der Waals surface area contributed by atoms with Crippen LogP contribution in [0.3, 0.4) is 0 Å². The summed E-state index contributed by atoms with van der Waals surface area (Å²) in [4.78, 5) is 15.3. The van der Waals surface area contributed by atoms with Gasteiger partial charge >= 0.3 is 0 Å². The number of nitrogens with zero attached hydrogens (tertiary/aromatic N) is 4. The van der Waals surface area contributed by atoms with Crippen LogP contribution in [0, 0.1) is 0 Å². The van der Waals surface area contributed by atoms with E-state index in [1.54, 1.807) is 0 Å². The van der Waals surface area contributed by atoms with Crippen molar-refractivity contribution >= 4 is 53.3 Å². The first-order valence-corrected chi connectivity index (χ1v) is 17.5. The summed E-state index contributed by atoms with van der Waals surface area (Å²) in [5, 5.41) is 4.92. The Bertz CT molecular complexity index is 2870. The number of para-hydroxylation sites is 2. The molecule has 0 atom stereocenters. The van der Waals surface area contributed by atoms with Gasteiger partial charge in [0.1, 0.15) is 0 Å². The monoisotopic (exact) mass is 656 g/mol. The minimum Gasteiger partial charge on any atom is -0.309 e. The quantitative estimate of drug-likeness (QED) is 0.185. The lowest BCUT2D eigenvalue weighted by atomic mass is 10.0. The fraction of sp³-hybridized carbons (Fsp3) is 0. The first-order valence-electron chi connectivity index (χ1n) is 16.7. The van der Waals surface area contributed by atoms with Crippen LogP contribution in [0.4, 0.5) is 0 Å². The Morgan fingerprint density at radius 3 is 1.78 bits per heavy atom. The molecule has 0 saturated carbocycles. The number of hydrogen-bond donors (Lipinski definition) is 0. The molecule has 234 valence electrons. The SMILES string of the molecule is c1ccc(-c2nc(-c3cccc(-c4cccc5c4sc4ccccc45)c3)nc(-c3ccc4c(c3)c3ccccc3n4-c3ccccc3)n2)cc1. The highest BCUT2D eigenvalue weighted by molar-refractivity contribution is 7.26. The average Bonchev–Trinajstić information content (AvgIpc) is 3.74. The van der Waals surface area contributed by atoms with Gasteiger partial charge in [0, 0.05) is 53.3 Å². The number of rotatable bonds is 5. The standard InChI is InChI=1S/C45H28N4S/c1-3-13-29(14-4-1)43-46-44(31-16-11-15-30(27-31)34-21-12-22-37-36-20-8-10-24-41(36)50-42(34)37)48-45(47-43)32-25-26-40-38(28-32)35-19-7-9-23-39(35)49(40)33-17-5-2-6-18-33/h1-28H. The van der Waals surface area contributed by atoms with E-state index in [2.05, 4.69) is 156 Å².